The average molecular weight is 465 g/mol. The van der Waals surface area contributed by atoms with Gasteiger partial charge in [0.05, 0.1) is 31.1 Å². The van der Waals surface area contributed by atoms with Crippen LogP contribution in [0.3, 0.4) is 0 Å². The third kappa shape index (κ3) is 3.83. The molecule has 13 heteroatoms. The Morgan fingerprint density at radius 1 is 1.21 bits per heavy atom. The highest BCUT2D eigenvalue weighted by Crippen LogP contribution is 2.20. The minimum atomic E-state index is -1.49. The van der Waals surface area contributed by atoms with Gasteiger partial charge in [0.15, 0.2) is 17.2 Å². The number of hydrogen-bond acceptors (Lipinski definition) is 7. The van der Waals surface area contributed by atoms with Gasteiger partial charge in [-0.15, -0.1) is 0 Å². The van der Waals surface area contributed by atoms with E-state index >= 15 is 0 Å². The molecule has 0 aliphatic carbocycles. The van der Waals surface area contributed by atoms with Crippen LogP contribution in [0.4, 0.5) is 8.78 Å². The highest BCUT2D eigenvalue weighted by molar-refractivity contribution is 5.94. The molecule has 1 aliphatic heterocycles. The number of aryl methyl sites for hydroxylation is 1. The molecule has 0 spiro atoms. The number of carbonyl (C=O) groups excluding carboxylic acids is 1. The highest BCUT2D eigenvalue weighted by Gasteiger charge is 2.40. The van der Waals surface area contributed by atoms with E-state index < -0.39 is 58.7 Å². The number of ether oxygens (including phenoxy) is 1. The van der Waals surface area contributed by atoms with Crippen molar-refractivity contribution in [2.75, 3.05) is 6.61 Å². The van der Waals surface area contributed by atoms with Crippen molar-refractivity contribution in [1.29, 1.82) is 0 Å². The van der Waals surface area contributed by atoms with Crippen molar-refractivity contribution >= 4 is 17.1 Å². The second-order valence-electron chi connectivity index (χ2n) is 7.81. The average Bonchev–Trinajstić information content (AvgIpc) is 3.21. The quantitative estimate of drug-likeness (QED) is 0.432. The first-order chi connectivity index (χ1) is 15.6. The van der Waals surface area contributed by atoms with Gasteiger partial charge in [0.25, 0.3) is 11.5 Å². The van der Waals surface area contributed by atoms with Crippen molar-refractivity contribution in [2.24, 2.45) is 14.1 Å². The number of nitrogens with one attached hydrogen (secondary N) is 1. The minimum absolute atomic E-state index is 0.0488. The predicted molar refractivity (Wildman–Crippen MR) is 110 cm³/mol. The molecule has 0 radical (unpaired) electrons. The first-order valence-corrected chi connectivity index (χ1v) is 9.95. The summed E-state index contributed by atoms with van der Waals surface area (Å²) in [5.41, 5.74) is -1.43. The maximum Gasteiger partial charge on any atom is 0.332 e. The topological polar surface area (TPSA) is 141 Å². The molecule has 0 unspecified atom stereocenters. The van der Waals surface area contributed by atoms with Crippen molar-refractivity contribution < 1.29 is 28.5 Å². The number of benzene rings is 1. The molecule has 0 bridgehead atoms. The van der Waals surface area contributed by atoms with E-state index in [1.54, 1.807) is 0 Å². The van der Waals surface area contributed by atoms with Crippen LogP contribution in [0.1, 0.15) is 10.4 Å². The molecule has 3 aromatic rings. The molecule has 1 saturated heterocycles. The van der Waals surface area contributed by atoms with Crippen molar-refractivity contribution in [1.82, 2.24) is 24.0 Å². The van der Waals surface area contributed by atoms with E-state index in [9.17, 15) is 33.4 Å². The molecule has 4 rings (SSSR count). The third-order valence-electron chi connectivity index (χ3n) is 5.73. The fraction of sp³-hybridized carbons (Fsp3) is 0.400. The number of hydrogen-bond donors (Lipinski definition) is 3. The summed E-state index contributed by atoms with van der Waals surface area (Å²) >= 11 is 0. The summed E-state index contributed by atoms with van der Waals surface area (Å²) in [6.07, 6.45) is -2.64. The van der Waals surface area contributed by atoms with Crippen molar-refractivity contribution in [3.05, 3.63) is 62.6 Å². The molecule has 176 valence electrons. The van der Waals surface area contributed by atoms with Crippen LogP contribution >= 0.6 is 0 Å². The predicted octanol–water partition coefficient (Wildman–Crippen LogP) is -1.37. The van der Waals surface area contributed by atoms with Crippen molar-refractivity contribution in [2.45, 2.75) is 30.9 Å². The number of aromatic nitrogens is 4. The van der Waals surface area contributed by atoms with Crippen molar-refractivity contribution in [3.8, 4) is 0 Å². The number of halogens is 2. The molecule has 33 heavy (non-hydrogen) atoms. The van der Waals surface area contributed by atoms with Crippen LogP contribution in [-0.2, 0) is 25.4 Å². The summed E-state index contributed by atoms with van der Waals surface area (Å²) in [5, 5.41) is 23.4. The van der Waals surface area contributed by atoms with Gasteiger partial charge in [-0.25, -0.2) is 18.6 Å². The summed E-state index contributed by atoms with van der Waals surface area (Å²) in [6.45, 7) is -0.298. The number of amides is 1. The Morgan fingerprint density at radius 2 is 1.94 bits per heavy atom. The smallest absolute Gasteiger partial charge is 0.332 e. The zero-order valence-corrected chi connectivity index (χ0v) is 17.6. The third-order valence-corrected chi connectivity index (χ3v) is 5.73. The molecule has 1 fully saturated rings. The van der Waals surface area contributed by atoms with Gasteiger partial charge in [-0.1, -0.05) is 6.07 Å². The van der Waals surface area contributed by atoms with E-state index in [4.69, 9.17) is 4.74 Å². The Balaban J connectivity index is 1.51. The van der Waals surface area contributed by atoms with E-state index in [-0.39, 0.29) is 24.3 Å². The molecule has 1 amide bonds. The highest BCUT2D eigenvalue weighted by atomic mass is 19.2. The first-order valence-electron chi connectivity index (χ1n) is 9.95. The number of imidazole rings is 1. The van der Waals surface area contributed by atoms with Crippen LogP contribution in [0.5, 0.6) is 0 Å². The minimum Gasteiger partial charge on any atom is -0.388 e. The van der Waals surface area contributed by atoms with Gasteiger partial charge < -0.3 is 24.8 Å². The lowest BCUT2D eigenvalue weighted by atomic mass is 9.97. The summed E-state index contributed by atoms with van der Waals surface area (Å²) in [6, 6.07) is 2.02. The molecule has 11 nitrogen and oxygen atoms in total. The molecular weight excluding hydrogens is 444 g/mol. The Hall–Kier alpha value is -3.42. The van der Waals surface area contributed by atoms with Gasteiger partial charge >= 0.3 is 5.69 Å². The molecular formula is C20H21F2N5O6. The second-order valence-corrected chi connectivity index (χ2v) is 7.81. The maximum absolute atomic E-state index is 13.9. The van der Waals surface area contributed by atoms with Crippen LogP contribution in [0, 0.1) is 11.6 Å². The lowest BCUT2D eigenvalue weighted by Gasteiger charge is -2.38. The van der Waals surface area contributed by atoms with Crippen LogP contribution in [0.15, 0.2) is 34.1 Å². The fourth-order valence-electron chi connectivity index (χ4n) is 3.86. The molecule has 0 saturated carbocycles. The summed E-state index contributed by atoms with van der Waals surface area (Å²) < 4.78 is 36.4. The van der Waals surface area contributed by atoms with Crippen molar-refractivity contribution in [3.63, 3.8) is 0 Å². The normalized spacial score (nSPS) is 23.1. The van der Waals surface area contributed by atoms with Gasteiger partial charge in [0, 0.05) is 14.1 Å². The van der Waals surface area contributed by atoms with Crippen LogP contribution < -0.4 is 16.6 Å². The second kappa shape index (κ2) is 8.50. The van der Waals surface area contributed by atoms with Crippen LogP contribution in [-0.4, -0.2) is 65.8 Å². The molecule has 3 heterocycles. The first kappa shape index (κ1) is 22.8. The molecule has 1 aromatic carbocycles. The number of rotatable bonds is 4. The molecule has 2 aromatic heterocycles. The van der Waals surface area contributed by atoms with E-state index in [0.717, 1.165) is 16.7 Å². The largest absolute Gasteiger partial charge is 0.388 e. The standard InChI is InChI=1S/C20H21F2N5O6/c1-25-18-14(19(31)26(2)20(25)32)23-8-27(18)6-12-16(29)15(28)11(7-33-12)24-17(30)9-4-3-5-10(21)13(9)22/h3-5,8,11-12,15-16,28-29H,6-7H2,1-2H3,(H,24,30)/t11-,12-,15+,16-/m1/s1. The van der Waals surface area contributed by atoms with E-state index in [0.29, 0.717) is 0 Å². The SMILES string of the molecule is Cn1c(=O)c2ncn(C[C@H]3OC[C@@H](NC(=O)c4cccc(F)c4F)[C@H](O)[C@@H]3O)c2n(C)c1=O. The Kier molecular flexibility index (Phi) is 5.86. The van der Waals surface area contributed by atoms with E-state index in [2.05, 4.69) is 10.3 Å². The van der Waals surface area contributed by atoms with Crippen LogP contribution in [0.25, 0.3) is 11.2 Å². The van der Waals surface area contributed by atoms with E-state index in [1.165, 1.54) is 35.6 Å². The number of nitrogens with zero attached hydrogens (tertiary/aromatic N) is 4. The number of aliphatic hydroxyl groups excluding tert-OH is 2. The van der Waals surface area contributed by atoms with Gasteiger partial charge in [-0.05, 0) is 12.1 Å². The van der Waals surface area contributed by atoms with Crippen LogP contribution in [0.2, 0.25) is 0 Å². The lowest BCUT2D eigenvalue weighted by molar-refractivity contribution is -0.152. The monoisotopic (exact) mass is 465 g/mol. The Bertz CT molecular complexity index is 1350. The number of fused-ring (bicyclic) bond motifs is 1. The number of carbonyl (C=O) groups is 1. The van der Waals surface area contributed by atoms with Gasteiger partial charge in [-0.2, -0.15) is 0 Å². The number of aliphatic hydroxyl groups is 2. The molecule has 4 atom stereocenters. The van der Waals surface area contributed by atoms with E-state index in [1.807, 2.05) is 0 Å². The summed E-state index contributed by atoms with van der Waals surface area (Å²) in [4.78, 5) is 40.9. The maximum atomic E-state index is 13.9. The zero-order valence-electron chi connectivity index (χ0n) is 17.6. The van der Waals surface area contributed by atoms with Gasteiger partial charge in [-0.3, -0.25) is 18.7 Å². The Labute approximate surface area is 184 Å². The lowest BCUT2D eigenvalue weighted by Crippen LogP contribution is -2.60. The Morgan fingerprint density at radius 3 is 2.67 bits per heavy atom. The summed E-state index contributed by atoms with van der Waals surface area (Å²) in [5.74, 6) is -3.50. The fourth-order valence-corrected chi connectivity index (χ4v) is 3.86. The summed E-state index contributed by atoms with van der Waals surface area (Å²) in [7, 11) is 2.80. The van der Waals surface area contributed by atoms with Gasteiger partial charge in [0.2, 0.25) is 0 Å². The molecule has 1 aliphatic rings. The zero-order chi connectivity index (χ0) is 24.0. The van der Waals surface area contributed by atoms with Gasteiger partial charge in [0.1, 0.15) is 24.0 Å². The molecule has 3 N–H and O–H groups in total.